The number of halogens is 1. The first-order valence-corrected chi connectivity index (χ1v) is 28.2. The standard InChI is InChI=1S/C54H71ClN12O12S/c1-34-47(63-52(74)79-53(2,3)4)54(33-78-34)16-19-64(20-17-54)40-32-58-50(48(56)61-40)80-39-10-6-9-37(46(39)55)60-41(68)13-14-43(70)65-21-23-66(24-22-65)44(71)15-25-75-27-29-77-30-28-76-26-18-57-36-8-5-7-35-31-59-67(51(73)45(35)36)38-11-12-42(69)62-49(38)72/h5-10,31-32,34,38,47,57H,11-30,33H2,1-4H3,(H2,56,61)(H,60,68)(H,63,74)(H,62,69,72)/t34-,38?,47+/m0/s1. The van der Waals surface area contributed by atoms with Gasteiger partial charge >= 0.3 is 6.09 Å². The summed E-state index contributed by atoms with van der Waals surface area (Å²) in [4.78, 5) is 105. The highest BCUT2D eigenvalue weighted by atomic mass is 35.5. The van der Waals surface area contributed by atoms with Gasteiger partial charge in [-0.3, -0.25) is 34.1 Å². The smallest absolute Gasteiger partial charge is 0.407 e. The van der Waals surface area contributed by atoms with Crippen LogP contribution in [0.25, 0.3) is 10.8 Å². The van der Waals surface area contributed by atoms with Crippen LogP contribution in [0, 0.1) is 5.41 Å². The summed E-state index contributed by atoms with van der Waals surface area (Å²) >= 11 is 8.01. The molecule has 26 heteroatoms. The lowest BCUT2D eigenvalue weighted by atomic mass is 9.73. The zero-order valence-corrected chi connectivity index (χ0v) is 47.2. The van der Waals surface area contributed by atoms with Gasteiger partial charge in [0.25, 0.3) is 11.5 Å². The minimum atomic E-state index is -0.861. The van der Waals surface area contributed by atoms with E-state index in [-0.39, 0.29) is 85.7 Å². The number of fused-ring (bicyclic) bond motifs is 1. The maximum Gasteiger partial charge on any atom is 0.407 e. The Hall–Kier alpha value is -6.64. The van der Waals surface area contributed by atoms with Gasteiger partial charge in [-0.05, 0) is 65.2 Å². The molecule has 80 heavy (non-hydrogen) atoms. The number of hydrogen-bond acceptors (Lipinski definition) is 19. The quantitative estimate of drug-likeness (QED) is 0.0538. The number of piperazine rings is 1. The topological polar surface area (TPSA) is 293 Å². The van der Waals surface area contributed by atoms with E-state index >= 15 is 0 Å². The van der Waals surface area contributed by atoms with E-state index in [0.29, 0.717) is 128 Å². The van der Waals surface area contributed by atoms with Gasteiger partial charge in [0.2, 0.25) is 23.6 Å². The Morgan fingerprint density at radius 3 is 2.21 bits per heavy atom. The molecule has 2 aromatic heterocycles. The first kappa shape index (κ1) is 59.5. The summed E-state index contributed by atoms with van der Waals surface area (Å²) in [7, 11) is 0. The minimum Gasteiger partial charge on any atom is -0.444 e. The largest absolute Gasteiger partial charge is 0.444 e. The SMILES string of the molecule is C[C@@H]1OCC2(CCN(c3cnc(Sc4cccc(NC(=O)CCC(=O)N5CCN(C(=O)CCOCCOCCOCCNc6cccc7cnn(C8CCC(=O)NC8=O)c(=O)c67)CC5)c4Cl)c(N)n3)CC2)[C@@H]1NC(=O)OC(C)(C)C. The van der Waals surface area contributed by atoms with Gasteiger partial charge in [0.05, 0.1) is 93.3 Å². The Bertz CT molecular complexity index is 2950. The third-order valence-electron chi connectivity index (χ3n) is 14.4. The average molecular weight is 1150 g/mol. The predicted octanol–water partition coefficient (Wildman–Crippen LogP) is 4.39. The van der Waals surface area contributed by atoms with Crippen molar-refractivity contribution >= 4 is 92.8 Å². The van der Waals surface area contributed by atoms with Gasteiger partial charge in [0, 0.05) is 86.5 Å². The number of rotatable bonds is 22. The Kier molecular flexibility index (Phi) is 20.2. The number of aromatic nitrogens is 4. The number of nitrogen functional groups attached to an aromatic ring is 1. The lowest BCUT2D eigenvalue weighted by Crippen LogP contribution is -2.55. The van der Waals surface area contributed by atoms with E-state index in [1.165, 1.54) is 18.0 Å². The molecule has 6 N–H and O–H groups in total. The summed E-state index contributed by atoms with van der Waals surface area (Å²) in [5.41, 5.74) is 6.13. The van der Waals surface area contributed by atoms with Gasteiger partial charge in [-0.25, -0.2) is 19.4 Å². The molecule has 4 aliphatic rings. The Balaban J connectivity index is 0.666. The Labute approximate surface area is 472 Å². The molecule has 4 aliphatic heterocycles. The van der Waals surface area contributed by atoms with E-state index in [0.717, 1.165) is 17.5 Å². The summed E-state index contributed by atoms with van der Waals surface area (Å²) in [6.07, 6.45) is 4.58. The summed E-state index contributed by atoms with van der Waals surface area (Å²) in [5, 5.41) is 17.3. The van der Waals surface area contributed by atoms with Crippen LogP contribution in [0.2, 0.25) is 5.02 Å². The number of piperidine rings is 2. The molecule has 8 rings (SSSR count). The number of alkyl carbamates (subject to hydrolysis) is 1. The molecule has 6 amide bonds. The third kappa shape index (κ3) is 15.4. The van der Waals surface area contributed by atoms with E-state index in [1.54, 1.807) is 52.4 Å². The number of ether oxygens (including phenoxy) is 5. The molecular formula is C54H71ClN12O12S. The van der Waals surface area contributed by atoms with Gasteiger partial charge in [-0.2, -0.15) is 5.10 Å². The van der Waals surface area contributed by atoms with Gasteiger partial charge in [0.1, 0.15) is 22.5 Å². The van der Waals surface area contributed by atoms with Crippen LogP contribution in [0.3, 0.4) is 0 Å². The van der Waals surface area contributed by atoms with Crippen LogP contribution >= 0.6 is 23.4 Å². The molecule has 1 spiro atoms. The second-order valence-electron chi connectivity index (χ2n) is 21.1. The highest BCUT2D eigenvalue weighted by Crippen LogP contribution is 2.44. The monoisotopic (exact) mass is 1150 g/mol. The summed E-state index contributed by atoms with van der Waals surface area (Å²) in [6, 6.07) is 9.51. The lowest BCUT2D eigenvalue weighted by Gasteiger charge is -2.43. The molecule has 2 aromatic carbocycles. The van der Waals surface area contributed by atoms with E-state index in [1.807, 2.05) is 27.7 Å². The third-order valence-corrected chi connectivity index (χ3v) is 16.0. The second kappa shape index (κ2) is 27.2. The first-order chi connectivity index (χ1) is 38.4. The molecule has 4 fully saturated rings. The van der Waals surface area contributed by atoms with Crippen molar-refractivity contribution < 1.29 is 52.5 Å². The molecule has 4 saturated heterocycles. The van der Waals surface area contributed by atoms with Gasteiger partial charge in [-0.15, -0.1) is 0 Å². The van der Waals surface area contributed by atoms with Crippen LogP contribution in [0.15, 0.2) is 63.5 Å². The van der Waals surface area contributed by atoms with E-state index in [9.17, 15) is 33.6 Å². The molecule has 3 atom stereocenters. The summed E-state index contributed by atoms with van der Waals surface area (Å²) < 4.78 is 29.6. The fourth-order valence-electron chi connectivity index (χ4n) is 10.1. The van der Waals surface area contributed by atoms with Crippen molar-refractivity contribution in [1.82, 2.24) is 40.2 Å². The fourth-order valence-corrected chi connectivity index (χ4v) is 11.2. The predicted molar refractivity (Wildman–Crippen MR) is 298 cm³/mol. The molecule has 0 bridgehead atoms. The number of carbonyl (C=O) groups is 6. The number of anilines is 4. The lowest BCUT2D eigenvalue weighted by molar-refractivity contribution is -0.140. The number of nitrogens with zero attached hydrogens (tertiary/aromatic N) is 7. The van der Waals surface area contributed by atoms with Gasteiger partial charge < -0.3 is 60.1 Å². The number of nitrogens with two attached hydrogens (primary N) is 1. The van der Waals surface area contributed by atoms with Crippen LogP contribution in [0.4, 0.5) is 27.8 Å². The number of nitrogens with one attached hydrogen (secondary N) is 4. The van der Waals surface area contributed by atoms with E-state index in [4.69, 9.17) is 41.0 Å². The van der Waals surface area contributed by atoms with Crippen molar-refractivity contribution in [1.29, 1.82) is 0 Å². The van der Waals surface area contributed by atoms with Crippen LogP contribution in [0.5, 0.6) is 0 Å². The van der Waals surface area contributed by atoms with Crippen molar-refractivity contribution in [3.8, 4) is 0 Å². The maximum atomic E-state index is 13.4. The Morgan fingerprint density at radius 1 is 0.863 bits per heavy atom. The van der Waals surface area contributed by atoms with E-state index in [2.05, 4.69) is 41.2 Å². The van der Waals surface area contributed by atoms with Crippen molar-refractivity contribution in [2.75, 3.05) is 113 Å². The number of amides is 6. The van der Waals surface area contributed by atoms with Crippen LogP contribution in [0.1, 0.15) is 78.7 Å². The molecule has 432 valence electrons. The maximum absolute atomic E-state index is 13.4. The van der Waals surface area contributed by atoms with Crippen LogP contribution in [-0.4, -0.2) is 175 Å². The minimum absolute atomic E-state index is 0.0105. The van der Waals surface area contributed by atoms with Crippen molar-refractivity contribution in [2.24, 2.45) is 5.41 Å². The number of carbonyl (C=O) groups excluding carboxylic acids is 6. The second-order valence-corrected chi connectivity index (χ2v) is 22.5. The molecule has 0 aliphatic carbocycles. The zero-order valence-electron chi connectivity index (χ0n) is 45.6. The normalized spacial score (nSPS) is 19.3. The fraction of sp³-hybridized carbons (Fsp3) is 0.556. The van der Waals surface area contributed by atoms with Crippen LogP contribution < -0.4 is 37.5 Å². The summed E-state index contributed by atoms with van der Waals surface area (Å²) in [6.45, 7) is 13.1. The van der Waals surface area contributed by atoms with Gasteiger partial charge in [0.15, 0.2) is 5.82 Å². The number of imide groups is 1. The molecule has 0 saturated carbocycles. The van der Waals surface area contributed by atoms with Crippen molar-refractivity contribution in [3.63, 3.8) is 0 Å². The van der Waals surface area contributed by atoms with Crippen molar-refractivity contribution in [2.45, 2.75) is 106 Å². The molecule has 0 radical (unpaired) electrons. The van der Waals surface area contributed by atoms with Gasteiger partial charge in [-0.1, -0.05) is 41.6 Å². The van der Waals surface area contributed by atoms with E-state index < -0.39 is 29.2 Å². The molecule has 24 nitrogen and oxygen atoms in total. The molecule has 6 heterocycles. The molecule has 1 unspecified atom stereocenters. The number of hydrogen-bond donors (Lipinski definition) is 5. The van der Waals surface area contributed by atoms with Crippen LogP contribution in [-0.2, 0) is 47.7 Å². The first-order valence-electron chi connectivity index (χ1n) is 27.0. The molecular weight excluding hydrogens is 1080 g/mol. The zero-order chi connectivity index (χ0) is 57.0. The Morgan fingerprint density at radius 2 is 1.52 bits per heavy atom. The number of benzene rings is 2. The summed E-state index contributed by atoms with van der Waals surface area (Å²) in [5.74, 6) is -0.686. The highest BCUT2D eigenvalue weighted by Gasteiger charge is 2.50. The molecule has 4 aromatic rings. The average Bonchev–Trinajstić information content (AvgIpc) is 3.73. The highest BCUT2D eigenvalue weighted by molar-refractivity contribution is 7.99. The van der Waals surface area contributed by atoms with Crippen molar-refractivity contribution in [3.05, 3.63) is 64.2 Å².